The number of β-amino-alcohol motifs (C(OH)–C–C–N with tert-alkyl or cyclic N) is 1. The molecule has 2 heterocycles. The zero-order valence-corrected chi connectivity index (χ0v) is 19.0. The van der Waals surface area contributed by atoms with Crippen molar-refractivity contribution < 1.29 is 15.0 Å². The number of rotatable bonds is 4. The molecule has 2 N–H and O–H groups in total. The van der Waals surface area contributed by atoms with Crippen molar-refractivity contribution in [3.63, 3.8) is 0 Å². The van der Waals surface area contributed by atoms with Crippen LogP contribution in [0.1, 0.15) is 35.1 Å². The minimum Gasteiger partial charge on any atom is -0.483 e. The van der Waals surface area contributed by atoms with E-state index in [1.165, 1.54) is 22.4 Å². The van der Waals surface area contributed by atoms with Crippen molar-refractivity contribution in [1.82, 2.24) is 4.90 Å². The Kier molecular flexibility index (Phi) is 6.98. The summed E-state index contributed by atoms with van der Waals surface area (Å²) in [5.41, 5.74) is 5.82. The number of hydrogen-bond acceptors (Lipinski definition) is 4. The van der Waals surface area contributed by atoms with Gasteiger partial charge in [0.15, 0.2) is 0 Å². The largest absolute Gasteiger partial charge is 0.483 e. The first-order valence-electron chi connectivity index (χ1n) is 9.96. The fourth-order valence-corrected chi connectivity index (χ4v) is 5.37. The number of anilines is 1. The highest BCUT2D eigenvalue weighted by atomic mass is 35.5. The van der Waals surface area contributed by atoms with E-state index >= 15 is 0 Å². The van der Waals surface area contributed by atoms with Gasteiger partial charge in [-0.3, -0.25) is 9.69 Å². The lowest BCUT2D eigenvalue weighted by Crippen LogP contribution is -2.59. The average molecular weight is 451 g/mol. The predicted molar refractivity (Wildman–Crippen MR) is 122 cm³/mol. The summed E-state index contributed by atoms with van der Waals surface area (Å²) < 4.78 is 0. The molecule has 162 valence electrons. The van der Waals surface area contributed by atoms with Crippen LogP contribution in [-0.4, -0.2) is 53.4 Å². The van der Waals surface area contributed by atoms with E-state index in [1.807, 2.05) is 25.1 Å². The standard InChI is InChI=1S/C22H26Cl2N2O.CH2O2/c1-14-7-16(9-25-12-22(3,27)13-25)8-15(2)21(14)26-10-17(11-26)20-18(23)5-4-6-19(20)24;2-1-3/h4-8,17,27H,9-13H2,1-3H3;1H,(H,2,3). The molecule has 0 radical (unpaired) electrons. The number of nitrogens with zero attached hydrogens (tertiary/aromatic N) is 2. The second-order valence-corrected chi connectivity index (χ2v) is 9.38. The number of aryl methyl sites for hydroxylation is 2. The zero-order valence-electron chi connectivity index (χ0n) is 17.5. The van der Waals surface area contributed by atoms with E-state index in [2.05, 4.69) is 35.8 Å². The molecule has 0 spiro atoms. The molecule has 2 aromatic carbocycles. The van der Waals surface area contributed by atoms with Gasteiger partial charge in [0.05, 0.1) is 5.60 Å². The van der Waals surface area contributed by atoms with E-state index in [-0.39, 0.29) is 6.47 Å². The number of halogens is 2. The van der Waals surface area contributed by atoms with Gasteiger partial charge < -0.3 is 15.1 Å². The Morgan fingerprint density at radius 2 is 1.63 bits per heavy atom. The molecule has 2 aliphatic heterocycles. The molecule has 0 saturated carbocycles. The fraction of sp³-hybridized carbons (Fsp3) is 0.435. The van der Waals surface area contributed by atoms with Crippen molar-refractivity contribution in [2.75, 3.05) is 31.1 Å². The van der Waals surface area contributed by atoms with Gasteiger partial charge in [0.25, 0.3) is 6.47 Å². The Hall–Kier alpha value is -1.79. The normalized spacial score (nSPS) is 18.1. The number of aliphatic hydroxyl groups is 1. The van der Waals surface area contributed by atoms with Gasteiger partial charge in [0, 0.05) is 54.4 Å². The maximum atomic E-state index is 9.92. The summed E-state index contributed by atoms with van der Waals surface area (Å²) in [7, 11) is 0. The molecule has 5 nitrogen and oxygen atoms in total. The molecular weight excluding hydrogens is 423 g/mol. The fourth-order valence-electron chi connectivity index (χ4n) is 4.67. The van der Waals surface area contributed by atoms with Gasteiger partial charge in [-0.1, -0.05) is 41.4 Å². The maximum absolute atomic E-state index is 9.92. The molecule has 4 rings (SSSR count). The molecule has 0 amide bonds. The minimum atomic E-state index is -0.517. The first-order valence-corrected chi connectivity index (χ1v) is 10.7. The Balaban J connectivity index is 0.000000806. The van der Waals surface area contributed by atoms with E-state index in [0.29, 0.717) is 5.92 Å². The predicted octanol–water partition coefficient (Wildman–Crippen LogP) is 4.48. The van der Waals surface area contributed by atoms with Crippen molar-refractivity contribution in [3.8, 4) is 0 Å². The van der Waals surface area contributed by atoms with Crippen LogP contribution in [-0.2, 0) is 11.3 Å². The highest BCUT2D eigenvalue weighted by Gasteiger charge is 2.36. The number of hydrogen-bond donors (Lipinski definition) is 2. The SMILES string of the molecule is Cc1cc(CN2CC(C)(O)C2)cc(C)c1N1CC(c2c(Cl)cccc2Cl)C1.O=CO. The first-order chi connectivity index (χ1) is 14.1. The Labute approximate surface area is 187 Å². The number of benzene rings is 2. The molecule has 2 aromatic rings. The van der Waals surface area contributed by atoms with Crippen LogP contribution in [0.2, 0.25) is 10.0 Å². The van der Waals surface area contributed by atoms with Crippen molar-refractivity contribution in [3.05, 3.63) is 62.6 Å². The first kappa shape index (κ1) is 22.9. The quantitative estimate of drug-likeness (QED) is 0.672. The van der Waals surface area contributed by atoms with Crippen molar-refractivity contribution in [2.45, 2.75) is 38.8 Å². The number of carbonyl (C=O) groups is 1. The second kappa shape index (κ2) is 9.15. The van der Waals surface area contributed by atoms with E-state index in [0.717, 1.165) is 48.3 Å². The van der Waals surface area contributed by atoms with Gasteiger partial charge in [0.1, 0.15) is 0 Å². The van der Waals surface area contributed by atoms with Gasteiger partial charge in [-0.25, -0.2) is 0 Å². The van der Waals surface area contributed by atoms with Crippen molar-refractivity contribution >= 4 is 35.4 Å². The smallest absolute Gasteiger partial charge is 0.290 e. The molecule has 0 atom stereocenters. The van der Waals surface area contributed by atoms with E-state index in [9.17, 15) is 5.11 Å². The van der Waals surface area contributed by atoms with Crippen LogP contribution in [0.15, 0.2) is 30.3 Å². The van der Waals surface area contributed by atoms with E-state index < -0.39 is 5.60 Å². The molecule has 30 heavy (non-hydrogen) atoms. The molecule has 2 aliphatic rings. The molecule has 0 aliphatic carbocycles. The maximum Gasteiger partial charge on any atom is 0.290 e. The summed E-state index contributed by atoms with van der Waals surface area (Å²) in [5, 5.41) is 18.3. The van der Waals surface area contributed by atoms with Gasteiger partial charge in [-0.15, -0.1) is 0 Å². The summed E-state index contributed by atoms with van der Waals surface area (Å²) in [6.45, 7) is 10.3. The molecule has 2 fully saturated rings. The topological polar surface area (TPSA) is 64.0 Å². The van der Waals surface area contributed by atoms with Crippen LogP contribution in [0, 0.1) is 13.8 Å². The Morgan fingerprint density at radius 1 is 1.13 bits per heavy atom. The lowest BCUT2D eigenvalue weighted by atomic mass is 9.89. The highest BCUT2D eigenvalue weighted by molar-refractivity contribution is 6.36. The summed E-state index contributed by atoms with van der Waals surface area (Å²) in [5.74, 6) is 0.382. The van der Waals surface area contributed by atoms with Crippen LogP contribution in [0.3, 0.4) is 0 Å². The molecular formula is C23H28Cl2N2O3. The van der Waals surface area contributed by atoms with Crippen LogP contribution >= 0.6 is 23.2 Å². The minimum absolute atomic E-state index is 0.250. The number of likely N-dealkylation sites (tertiary alicyclic amines) is 1. The third-order valence-electron chi connectivity index (χ3n) is 5.69. The third-order valence-corrected chi connectivity index (χ3v) is 6.35. The highest BCUT2D eigenvalue weighted by Crippen LogP contribution is 2.41. The second-order valence-electron chi connectivity index (χ2n) is 8.56. The summed E-state index contributed by atoms with van der Waals surface area (Å²) in [4.78, 5) is 13.1. The monoisotopic (exact) mass is 450 g/mol. The molecule has 7 heteroatoms. The van der Waals surface area contributed by atoms with Gasteiger partial charge in [0.2, 0.25) is 0 Å². The van der Waals surface area contributed by atoms with Gasteiger partial charge in [-0.2, -0.15) is 0 Å². The summed E-state index contributed by atoms with van der Waals surface area (Å²) in [6.07, 6.45) is 0. The van der Waals surface area contributed by atoms with Gasteiger partial charge >= 0.3 is 0 Å². The molecule has 0 aromatic heterocycles. The van der Waals surface area contributed by atoms with Crippen molar-refractivity contribution in [1.29, 1.82) is 0 Å². The van der Waals surface area contributed by atoms with Gasteiger partial charge in [-0.05, 0) is 55.2 Å². The lowest BCUT2D eigenvalue weighted by molar-refractivity contribution is -0.122. The molecule has 0 bridgehead atoms. The zero-order chi connectivity index (χ0) is 22.1. The van der Waals surface area contributed by atoms with Crippen molar-refractivity contribution in [2.24, 2.45) is 0 Å². The average Bonchev–Trinajstić information content (AvgIpc) is 2.57. The summed E-state index contributed by atoms with van der Waals surface area (Å²) >= 11 is 12.8. The van der Waals surface area contributed by atoms with Crippen LogP contribution in [0.25, 0.3) is 0 Å². The number of carboxylic acid groups (broad SMARTS) is 1. The Bertz CT molecular complexity index is 875. The van der Waals surface area contributed by atoms with Crippen LogP contribution < -0.4 is 4.90 Å². The summed E-state index contributed by atoms with van der Waals surface area (Å²) in [6, 6.07) is 10.3. The molecule has 0 unspecified atom stereocenters. The van der Waals surface area contributed by atoms with E-state index in [4.69, 9.17) is 33.1 Å². The third kappa shape index (κ3) is 4.92. The lowest BCUT2D eigenvalue weighted by Gasteiger charge is -2.45. The Morgan fingerprint density at radius 3 is 2.10 bits per heavy atom. The van der Waals surface area contributed by atoms with Crippen LogP contribution in [0.5, 0.6) is 0 Å². The van der Waals surface area contributed by atoms with E-state index in [1.54, 1.807) is 0 Å². The van der Waals surface area contributed by atoms with Crippen LogP contribution in [0.4, 0.5) is 5.69 Å². The molecule has 2 saturated heterocycles.